The smallest absolute Gasteiger partial charge is 0.410 e. The Hall–Kier alpha value is -1.59. The summed E-state index contributed by atoms with van der Waals surface area (Å²) in [6, 6.07) is 0.294. The molecule has 2 unspecified atom stereocenters. The van der Waals surface area contributed by atoms with Crippen molar-refractivity contribution in [1.82, 2.24) is 30.3 Å². The van der Waals surface area contributed by atoms with Gasteiger partial charge in [-0.2, -0.15) is 5.10 Å². The van der Waals surface area contributed by atoms with Crippen molar-refractivity contribution in [2.75, 3.05) is 26.7 Å². The summed E-state index contributed by atoms with van der Waals surface area (Å²) in [5, 5.41) is 11.6. The maximum Gasteiger partial charge on any atom is 0.410 e. The van der Waals surface area contributed by atoms with Crippen LogP contribution in [-0.4, -0.2) is 70.0 Å². The van der Waals surface area contributed by atoms with E-state index in [1.165, 1.54) is 0 Å². The third-order valence-electron chi connectivity index (χ3n) is 5.80. The predicted octanol–water partition coefficient (Wildman–Crippen LogP) is 2.98. The van der Waals surface area contributed by atoms with Crippen LogP contribution in [0.3, 0.4) is 0 Å². The van der Waals surface area contributed by atoms with Gasteiger partial charge in [0.15, 0.2) is 11.8 Å². The van der Waals surface area contributed by atoms with Gasteiger partial charge >= 0.3 is 6.09 Å². The molecule has 2 atom stereocenters. The van der Waals surface area contributed by atoms with Gasteiger partial charge in [0.2, 0.25) is 0 Å². The standard InChI is InChI=1S/C22H39N7O2.HI/c1-6-18-26-19-10-9-17(15-29(19)27-18)25-20(23-5)24-12-11-16-8-7-13-28(14-16)21(30)31-22(2,3)4;/h16-17H,6-15H2,1-5H3,(H2,23,24,25);1H. The highest BCUT2D eigenvalue weighted by atomic mass is 127. The quantitative estimate of drug-likeness (QED) is 0.326. The molecule has 1 aromatic rings. The molecule has 3 heterocycles. The first-order valence-electron chi connectivity index (χ1n) is 11.6. The Balaban J connectivity index is 0.00000363. The molecule has 182 valence electrons. The molecule has 0 bridgehead atoms. The van der Waals surface area contributed by atoms with E-state index in [-0.39, 0.29) is 30.1 Å². The van der Waals surface area contributed by atoms with Gasteiger partial charge in [-0.25, -0.2) is 14.5 Å². The Labute approximate surface area is 209 Å². The molecule has 1 saturated heterocycles. The molecule has 0 aliphatic carbocycles. The summed E-state index contributed by atoms with van der Waals surface area (Å²) < 4.78 is 7.56. The van der Waals surface area contributed by atoms with E-state index in [1.54, 1.807) is 7.05 Å². The highest BCUT2D eigenvalue weighted by Crippen LogP contribution is 2.21. The second-order valence-electron chi connectivity index (χ2n) is 9.58. The number of halogens is 1. The Kier molecular flexibility index (Phi) is 10.0. The zero-order valence-corrected chi connectivity index (χ0v) is 22.5. The van der Waals surface area contributed by atoms with Crippen LogP contribution in [0.4, 0.5) is 4.79 Å². The third-order valence-corrected chi connectivity index (χ3v) is 5.80. The number of piperidine rings is 1. The minimum Gasteiger partial charge on any atom is -0.444 e. The van der Waals surface area contributed by atoms with Gasteiger partial charge in [0.25, 0.3) is 0 Å². The van der Waals surface area contributed by atoms with Gasteiger partial charge in [-0.15, -0.1) is 24.0 Å². The van der Waals surface area contributed by atoms with E-state index in [0.29, 0.717) is 12.0 Å². The van der Waals surface area contributed by atoms with Crippen LogP contribution in [0.2, 0.25) is 0 Å². The lowest BCUT2D eigenvalue weighted by atomic mass is 9.95. The van der Waals surface area contributed by atoms with Crippen molar-refractivity contribution in [3.05, 3.63) is 11.6 Å². The number of hydrogen-bond donors (Lipinski definition) is 2. The van der Waals surface area contributed by atoms with Crippen LogP contribution in [0.25, 0.3) is 0 Å². The first-order valence-corrected chi connectivity index (χ1v) is 11.6. The predicted molar refractivity (Wildman–Crippen MR) is 137 cm³/mol. The van der Waals surface area contributed by atoms with E-state index in [4.69, 9.17) is 4.74 Å². The number of hydrogen-bond acceptors (Lipinski definition) is 5. The molecule has 1 fully saturated rings. The number of amides is 1. The van der Waals surface area contributed by atoms with E-state index in [2.05, 4.69) is 32.6 Å². The highest BCUT2D eigenvalue weighted by Gasteiger charge is 2.27. The number of nitrogens with one attached hydrogen (secondary N) is 2. The van der Waals surface area contributed by atoms with Crippen molar-refractivity contribution in [2.45, 2.75) is 84.4 Å². The van der Waals surface area contributed by atoms with Gasteiger partial charge in [0.05, 0.1) is 6.54 Å². The van der Waals surface area contributed by atoms with Crippen LogP contribution < -0.4 is 10.6 Å². The lowest BCUT2D eigenvalue weighted by molar-refractivity contribution is 0.0162. The number of aryl methyl sites for hydroxylation is 2. The SMILES string of the molecule is CCc1nc2n(n1)CC(NC(=NC)NCCC1CCCN(C(=O)OC(C)(C)C)C1)CC2.I. The summed E-state index contributed by atoms with van der Waals surface area (Å²) in [5.74, 6) is 3.31. The summed E-state index contributed by atoms with van der Waals surface area (Å²) in [6.45, 7) is 11.0. The third kappa shape index (κ3) is 7.77. The number of fused-ring (bicyclic) bond motifs is 1. The van der Waals surface area contributed by atoms with E-state index in [0.717, 1.165) is 82.3 Å². The lowest BCUT2D eigenvalue weighted by Crippen LogP contribution is -2.48. The number of aromatic nitrogens is 3. The summed E-state index contributed by atoms with van der Waals surface area (Å²) >= 11 is 0. The van der Waals surface area contributed by atoms with Crippen molar-refractivity contribution in [2.24, 2.45) is 10.9 Å². The van der Waals surface area contributed by atoms with E-state index >= 15 is 0 Å². The van der Waals surface area contributed by atoms with Crippen LogP contribution in [0.1, 0.15) is 65.0 Å². The number of carbonyl (C=O) groups excluding carboxylic acids is 1. The lowest BCUT2D eigenvalue weighted by Gasteiger charge is -2.34. The second kappa shape index (κ2) is 12.0. The average molecular weight is 562 g/mol. The molecule has 3 rings (SSSR count). The molecule has 9 nitrogen and oxygen atoms in total. The van der Waals surface area contributed by atoms with Gasteiger partial charge in [-0.05, 0) is 52.4 Å². The molecule has 10 heteroatoms. The van der Waals surface area contributed by atoms with E-state index in [1.807, 2.05) is 30.4 Å². The Morgan fingerprint density at radius 2 is 2.06 bits per heavy atom. The molecular formula is C22H40IN7O2. The Bertz CT molecular complexity index is 775. The Morgan fingerprint density at radius 1 is 1.28 bits per heavy atom. The fourth-order valence-electron chi connectivity index (χ4n) is 4.20. The average Bonchev–Trinajstić information content (AvgIpc) is 3.14. The van der Waals surface area contributed by atoms with Crippen molar-refractivity contribution in [3.8, 4) is 0 Å². The molecule has 2 N–H and O–H groups in total. The largest absolute Gasteiger partial charge is 0.444 e. The van der Waals surface area contributed by atoms with Gasteiger partial charge in [0, 0.05) is 45.6 Å². The second-order valence-corrected chi connectivity index (χ2v) is 9.58. The van der Waals surface area contributed by atoms with Gasteiger partial charge < -0.3 is 20.3 Å². The van der Waals surface area contributed by atoms with Gasteiger partial charge in [-0.1, -0.05) is 6.92 Å². The highest BCUT2D eigenvalue weighted by molar-refractivity contribution is 14.0. The summed E-state index contributed by atoms with van der Waals surface area (Å²) in [7, 11) is 1.80. The van der Waals surface area contributed by atoms with Crippen LogP contribution in [0.5, 0.6) is 0 Å². The fraction of sp³-hybridized carbons (Fsp3) is 0.818. The number of guanidine groups is 1. The zero-order valence-electron chi connectivity index (χ0n) is 20.2. The van der Waals surface area contributed by atoms with E-state index < -0.39 is 5.60 Å². The normalized spacial score (nSPS) is 21.4. The van der Waals surface area contributed by atoms with Crippen molar-refractivity contribution in [1.29, 1.82) is 0 Å². The first kappa shape index (κ1) is 26.7. The number of carbonyl (C=O) groups is 1. The number of aliphatic imine (C=N–C) groups is 1. The van der Waals surface area contributed by atoms with Crippen molar-refractivity contribution >= 4 is 36.0 Å². The molecule has 1 aromatic heterocycles. The summed E-state index contributed by atoms with van der Waals surface area (Å²) in [6.07, 6.45) is 5.80. The van der Waals surface area contributed by atoms with Crippen LogP contribution in [-0.2, 0) is 24.1 Å². The summed E-state index contributed by atoms with van der Waals surface area (Å²) in [5.41, 5.74) is -0.450. The molecule has 0 radical (unpaired) electrons. The first-order chi connectivity index (χ1) is 14.8. The minimum absolute atomic E-state index is 0. The topological polar surface area (TPSA) is 96.7 Å². The number of nitrogens with zero attached hydrogens (tertiary/aromatic N) is 5. The molecule has 0 aromatic carbocycles. The fourth-order valence-corrected chi connectivity index (χ4v) is 4.20. The summed E-state index contributed by atoms with van der Waals surface area (Å²) in [4.78, 5) is 23.2. The van der Waals surface area contributed by atoms with Crippen molar-refractivity contribution in [3.63, 3.8) is 0 Å². The van der Waals surface area contributed by atoms with Crippen LogP contribution in [0.15, 0.2) is 4.99 Å². The molecule has 2 aliphatic rings. The maximum absolute atomic E-state index is 12.4. The van der Waals surface area contributed by atoms with Crippen LogP contribution in [0, 0.1) is 5.92 Å². The number of ether oxygens (including phenoxy) is 1. The molecular weight excluding hydrogens is 521 g/mol. The van der Waals surface area contributed by atoms with Crippen LogP contribution >= 0.6 is 24.0 Å². The molecule has 32 heavy (non-hydrogen) atoms. The maximum atomic E-state index is 12.4. The molecule has 0 spiro atoms. The molecule has 1 amide bonds. The zero-order chi connectivity index (χ0) is 22.4. The minimum atomic E-state index is -0.450. The number of rotatable bonds is 5. The number of likely N-dealkylation sites (tertiary alicyclic amines) is 1. The Morgan fingerprint density at radius 3 is 2.75 bits per heavy atom. The molecule has 2 aliphatic heterocycles. The van der Waals surface area contributed by atoms with Gasteiger partial charge in [-0.3, -0.25) is 4.99 Å². The monoisotopic (exact) mass is 561 g/mol. The molecule has 0 saturated carbocycles. The van der Waals surface area contributed by atoms with Crippen molar-refractivity contribution < 1.29 is 9.53 Å². The van der Waals surface area contributed by atoms with E-state index in [9.17, 15) is 4.79 Å². The van der Waals surface area contributed by atoms with Gasteiger partial charge in [0.1, 0.15) is 11.4 Å².